The van der Waals surface area contributed by atoms with E-state index in [1.807, 2.05) is 0 Å². The van der Waals surface area contributed by atoms with Crippen LogP contribution in [0.4, 0.5) is 0 Å². The van der Waals surface area contributed by atoms with Crippen LogP contribution in [0.2, 0.25) is 0 Å². The summed E-state index contributed by atoms with van der Waals surface area (Å²) in [5.74, 6) is -0.991. The molecule has 13 heavy (non-hydrogen) atoms. The fraction of sp³-hybridized carbons (Fsp3) is 0.857. The van der Waals surface area contributed by atoms with E-state index in [1.54, 1.807) is 6.92 Å². The summed E-state index contributed by atoms with van der Waals surface area (Å²) in [7, 11) is -4.13. The van der Waals surface area contributed by atoms with Crippen molar-refractivity contribution >= 4 is 13.8 Å². The van der Waals surface area contributed by atoms with Crippen LogP contribution in [0.25, 0.3) is 0 Å². The molecule has 2 atom stereocenters. The van der Waals surface area contributed by atoms with Crippen LogP contribution in [-0.2, 0) is 18.4 Å². The van der Waals surface area contributed by atoms with Gasteiger partial charge >= 0.3 is 13.8 Å². The Morgan fingerprint density at radius 2 is 2.23 bits per heavy atom. The van der Waals surface area contributed by atoms with Crippen LogP contribution in [0.1, 0.15) is 26.2 Å². The molecule has 0 aromatic rings. The molecule has 0 saturated carbocycles. The van der Waals surface area contributed by atoms with Crippen LogP contribution in [-0.4, -0.2) is 17.5 Å². The average molecular weight is 208 g/mol. The van der Waals surface area contributed by atoms with Crippen molar-refractivity contribution in [2.75, 3.05) is 6.61 Å². The molecule has 2 unspecified atom stereocenters. The molecule has 1 saturated heterocycles. The van der Waals surface area contributed by atoms with Crippen molar-refractivity contribution in [2.24, 2.45) is 5.92 Å². The lowest BCUT2D eigenvalue weighted by Crippen LogP contribution is -2.12. The van der Waals surface area contributed by atoms with Gasteiger partial charge in [-0.1, -0.05) is 13.3 Å². The van der Waals surface area contributed by atoms with Gasteiger partial charge in [0.1, 0.15) is 0 Å². The van der Waals surface area contributed by atoms with E-state index in [9.17, 15) is 9.36 Å². The Bertz CT molecular complexity index is 239. The first kappa shape index (κ1) is 10.7. The molecule has 0 spiro atoms. The second-order valence-electron chi connectivity index (χ2n) is 3.11. The number of carbonyl (C=O) groups excluding carboxylic acids is 1. The second kappa shape index (κ2) is 4.22. The van der Waals surface area contributed by atoms with Gasteiger partial charge in [0, 0.05) is 0 Å². The van der Waals surface area contributed by atoms with E-state index in [0.717, 1.165) is 6.42 Å². The monoisotopic (exact) mass is 208 g/mol. The van der Waals surface area contributed by atoms with Crippen LogP contribution in [0.3, 0.4) is 0 Å². The van der Waals surface area contributed by atoms with E-state index in [-0.39, 0.29) is 12.5 Å². The number of phosphoric acid groups is 1. The second-order valence-corrected chi connectivity index (χ2v) is 4.49. The lowest BCUT2D eigenvalue weighted by molar-refractivity contribution is -0.139. The van der Waals surface area contributed by atoms with Gasteiger partial charge in [0.15, 0.2) is 0 Å². The minimum absolute atomic E-state index is 0.160. The van der Waals surface area contributed by atoms with Crippen LogP contribution < -0.4 is 0 Å². The number of phosphoric ester groups is 1. The van der Waals surface area contributed by atoms with Gasteiger partial charge in [-0.3, -0.25) is 14.2 Å². The molecule has 1 heterocycles. The van der Waals surface area contributed by atoms with Gasteiger partial charge in [-0.05, 0) is 12.8 Å². The Morgan fingerprint density at radius 1 is 1.54 bits per heavy atom. The summed E-state index contributed by atoms with van der Waals surface area (Å²) in [5.41, 5.74) is 0. The highest BCUT2D eigenvalue weighted by molar-refractivity contribution is 7.48. The third-order valence-electron chi connectivity index (χ3n) is 1.89. The third-order valence-corrected chi connectivity index (χ3v) is 2.81. The van der Waals surface area contributed by atoms with Crippen molar-refractivity contribution in [1.29, 1.82) is 0 Å². The smallest absolute Gasteiger partial charge is 0.370 e. The fourth-order valence-electron chi connectivity index (χ4n) is 1.08. The molecule has 6 heteroatoms. The van der Waals surface area contributed by atoms with E-state index < -0.39 is 13.8 Å². The maximum absolute atomic E-state index is 11.1. The quantitative estimate of drug-likeness (QED) is 0.610. The lowest BCUT2D eigenvalue weighted by atomic mass is 10.1. The van der Waals surface area contributed by atoms with Crippen LogP contribution in [0.15, 0.2) is 0 Å². The van der Waals surface area contributed by atoms with Crippen molar-refractivity contribution in [3.05, 3.63) is 0 Å². The molecular formula is C7H13O5P. The van der Waals surface area contributed by atoms with Gasteiger partial charge in [0.05, 0.1) is 12.5 Å². The van der Waals surface area contributed by atoms with Crippen molar-refractivity contribution in [3.63, 3.8) is 0 Å². The van der Waals surface area contributed by atoms with E-state index in [0.29, 0.717) is 12.8 Å². The molecule has 0 bridgehead atoms. The van der Waals surface area contributed by atoms with Crippen molar-refractivity contribution in [2.45, 2.75) is 26.2 Å². The van der Waals surface area contributed by atoms with E-state index in [1.165, 1.54) is 0 Å². The Kier molecular flexibility index (Phi) is 3.47. The standard InChI is InChI=1S/C7H13O5P/c1-6-4-2-3-5-11-13(9,10)12-7(6)8/h6H,2-5H2,1H3,(H,9,10). The highest BCUT2D eigenvalue weighted by Crippen LogP contribution is 2.45. The molecule has 0 radical (unpaired) electrons. The van der Waals surface area contributed by atoms with Gasteiger partial charge in [0.25, 0.3) is 0 Å². The van der Waals surface area contributed by atoms with Crippen LogP contribution in [0.5, 0.6) is 0 Å². The van der Waals surface area contributed by atoms with Crippen molar-refractivity contribution < 1.29 is 23.3 Å². The minimum atomic E-state index is -4.13. The molecule has 1 rings (SSSR count). The summed E-state index contributed by atoms with van der Waals surface area (Å²) in [6.45, 7) is 1.83. The van der Waals surface area contributed by atoms with E-state index >= 15 is 0 Å². The lowest BCUT2D eigenvalue weighted by Gasteiger charge is -2.11. The Morgan fingerprint density at radius 3 is 2.92 bits per heavy atom. The summed E-state index contributed by atoms with van der Waals surface area (Å²) in [5, 5.41) is 0. The first-order valence-corrected chi connectivity index (χ1v) is 5.71. The normalized spacial score (nSPS) is 37.1. The third kappa shape index (κ3) is 3.46. The molecule has 0 aliphatic carbocycles. The highest BCUT2D eigenvalue weighted by atomic mass is 31.2. The number of hydrogen-bond donors (Lipinski definition) is 1. The fourth-order valence-corrected chi connectivity index (χ4v) is 1.90. The summed E-state index contributed by atoms with van der Waals surface area (Å²) in [6, 6.07) is 0. The Labute approximate surface area is 76.7 Å². The molecule has 1 aliphatic rings. The maximum atomic E-state index is 11.1. The highest BCUT2D eigenvalue weighted by Gasteiger charge is 2.29. The largest absolute Gasteiger partial charge is 0.529 e. The molecule has 76 valence electrons. The molecular weight excluding hydrogens is 195 g/mol. The summed E-state index contributed by atoms with van der Waals surface area (Å²) in [6.07, 6.45) is 2.14. The topological polar surface area (TPSA) is 72.8 Å². The minimum Gasteiger partial charge on any atom is -0.370 e. The maximum Gasteiger partial charge on any atom is 0.529 e. The predicted molar refractivity (Wildman–Crippen MR) is 44.9 cm³/mol. The van der Waals surface area contributed by atoms with Gasteiger partial charge in [0.2, 0.25) is 0 Å². The van der Waals surface area contributed by atoms with Crippen molar-refractivity contribution in [3.8, 4) is 0 Å². The zero-order valence-electron chi connectivity index (χ0n) is 7.43. The van der Waals surface area contributed by atoms with Crippen molar-refractivity contribution in [1.82, 2.24) is 0 Å². The molecule has 1 fully saturated rings. The molecule has 0 amide bonds. The zero-order valence-corrected chi connectivity index (χ0v) is 8.33. The molecule has 1 aliphatic heterocycles. The summed E-state index contributed by atoms with van der Waals surface area (Å²) < 4.78 is 19.9. The predicted octanol–water partition coefficient (Wildman–Crippen LogP) is 1.47. The van der Waals surface area contributed by atoms with Crippen LogP contribution >= 0.6 is 7.82 Å². The first-order valence-electron chi connectivity index (χ1n) is 4.22. The van der Waals surface area contributed by atoms with Gasteiger partial charge in [-0.2, -0.15) is 0 Å². The summed E-state index contributed by atoms with van der Waals surface area (Å²) in [4.78, 5) is 20.1. The number of rotatable bonds is 0. The molecule has 0 aromatic carbocycles. The Balaban J connectivity index is 2.66. The van der Waals surface area contributed by atoms with Crippen LogP contribution in [0, 0.1) is 5.92 Å². The SMILES string of the molecule is CC1CCCCOP(=O)(O)OC1=O. The Hall–Kier alpha value is -0.380. The number of hydrogen-bond acceptors (Lipinski definition) is 4. The average Bonchev–Trinajstić information content (AvgIpc) is 2.05. The summed E-state index contributed by atoms with van der Waals surface area (Å²) >= 11 is 0. The zero-order chi connectivity index (χ0) is 9.90. The van der Waals surface area contributed by atoms with Gasteiger partial charge in [-0.15, -0.1) is 0 Å². The van der Waals surface area contributed by atoms with Gasteiger partial charge < -0.3 is 4.52 Å². The molecule has 5 nitrogen and oxygen atoms in total. The molecule has 1 N–H and O–H groups in total. The van der Waals surface area contributed by atoms with E-state index in [4.69, 9.17) is 4.89 Å². The molecule has 0 aromatic heterocycles. The van der Waals surface area contributed by atoms with Gasteiger partial charge in [-0.25, -0.2) is 4.57 Å². The van der Waals surface area contributed by atoms with E-state index in [2.05, 4.69) is 9.05 Å². The first-order chi connectivity index (χ1) is 6.01. The number of carbonyl (C=O) groups is 1.